The fraction of sp³-hybridized carbons (Fsp3) is 0.286. The lowest BCUT2D eigenvalue weighted by molar-refractivity contribution is 0.0600. The molecule has 0 radical (unpaired) electrons. The van der Waals surface area contributed by atoms with Crippen molar-refractivity contribution in [2.24, 2.45) is 5.92 Å². The van der Waals surface area contributed by atoms with E-state index in [1.165, 1.54) is 18.2 Å². The quantitative estimate of drug-likeness (QED) is 0.546. The lowest BCUT2D eigenvalue weighted by Gasteiger charge is -2.39. The summed E-state index contributed by atoms with van der Waals surface area (Å²) in [6, 6.07) is 12.5. The van der Waals surface area contributed by atoms with Gasteiger partial charge in [-0.3, -0.25) is 0 Å². The second kappa shape index (κ2) is 6.34. The van der Waals surface area contributed by atoms with Crippen molar-refractivity contribution in [3.05, 3.63) is 75.3 Å². The van der Waals surface area contributed by atoms with E-state index in [4.69, 9.17) is 4.74 Å². The standard InChI is InChI=1S/C21H20BrNO2/c1-12-13(21(24)25-2)10-11-16-14-7-5-8-15(14)20(23-19(12)16)17-6-3-4-9-18(17)22/h3-7,9-11,14-15,20,23H,8H2,1-2H3/t14?,15?,20-/m0/s1. The molecule has 25 heavy (non-hydrogen) atoms. The molecule has 1 aliphatic carbocycles. The highest BCUT2D eigenvalue weighted by atomic mass is 79.9. The van der Waals surface area contributed by atoms with Crippen LogP contribution in [0.15, 0.2) is 53.0 Å². The van der Waals surface area contributed by atoms with Crippen molar-refractivity contribution in [3.63, 3.8) is 0 Å². The van der Waals surface area contributed by atoms with Crippen LogP contribution in [0.2, 0.25) is 0 Å². The molecule has 0 spiro atoms. The average Bonchev–Trinajstić information content (AvgIpc) is 3.11. The molecule has 1 heterocycles. The van der Waals surface area contributed by atoms with Gasteiger partial charge in [0, 0.05) is 16.1 Å². The van der Waals surface area contributed by atoms with Crippen LogP contribution in [0.25, 0.3) is 0 Å². The number of carbonyl (C=O) groups excluding carboxylic acids is 1. The highest BCUT2D eigenvalue weighted by molar-refractivity contribution is 9.10. The molecule has 0 aromatic heterocycles. The third kappa shape index (κ3) is 2.60. The number of carbonyl (C=O) groups is 1. The van der Waals surface area contributed by atoms with Gasteiger partial charge < -0.3 is 10.1 Å². The number of rotatable bonds is 2. The maximum absolute atomic E-state index is 12.1. The molecule has 3 atom stereocenters. The lowest BCUT2D eigenvalue weighted by Crippen LogP contribution is -2.30. The number of anilines is 1. The first-order chi connectivity index (χ1) is 12.1. The Labute approximate surface area is 156 Å². The number of esters is 1. The molecule has 0 saturated carbocycles. The second-order valence-electron chi connectivity index (χ2n) is 6.69. The van der Waals surface area contributed by atoms with E-state index in [0.29, 0.717) is 17.4 Å². The molecular weight excluding hydrogens is 378 g/mol. The van der Waals surface area contributed by atoms with Crippen LogP contribution in [0.5, 0.6) is 0 Å². The van der Waals surface area contributed by atoms with Crippen LogP contribution >= 0.6 is 15.9 Å². The van der Waals surface area contributed by atoms with Crippen molar-refractivity contribution in [1.29, 1.82) is 0 Å². The van der Waals surface area contributed by atoms with Gasteiger partial charge in [0.25, 0.3) is 0 Å². The molecule has 0 amide bonds. The molecule has 2 aromatic rings. The molecule has 1 N–H and O–H groups in total. The predicted octanol–water partition coefficient (Wildman–Crippen LogP) is 5.37. The van der Waals surface area contributed by atoms with Crippen LogP contribution in [-0.4, -0.2) is 13.1 Å². The Morgan fingerprint density at radius 2 is 2.00 bits per heavy atom. The van der Waals surface area contributed by atoms with Crippen LogP contribution in [0.1, 0.15) is 45.4 Å². The minimum Gasteiger partial charge on any atom is -0.465 e. The van der Waals surface area contributed by atoms with Crippen LogP contribution in [-0.2, 0) is 4.74 Å². The molecule has 3 nitrogen and oxygen atoms in total. The summed E-state index contributed by atoms with van der Waals surface area (Å²) in [7, 11) is 1.42. The normalized spacial score (nSPS) is 23.6. The van der Waals surface area contributed by atoms with E-state index in [9.17, 15) is 4.79 Å². The van der Waals surface area contributed by atoms with Crippen molar-refractivity contribution < 1.29 is 9.53 Å². The summed E-state index contributed by atoms with van der Waals surface area (Å²) in [5.41, 5.74) is 5.18. The van der Waals surface area contributed by atoms with Crippen molar-refractivity contribution in [3.8, 4) is 0 Å². The molecule has 4 rings (SSSR count). The van der Waals surface area contributed by atoms with Gasteiger partial charge in [0.15, 0.2) is 0 Å². The van der Waals surface area contributed by atoms with E-state index in [-0.39, 0.29) is 12.0 Å². The predicted molar refractivity (Wildman–Crippen MR) is 103 cm³/mol. The third-order valence-electron chi connectivity index (χ3n) is 5.44. The number of halogens is 1. The largest absolute Gasteiger partial charge is 0.465 e. The average molecular weight is 398 g/mol. The monoisotopic (exact) mass is 397 g/mol. The summed E-state index contributed by atoms with van der Waals surface area (Å²) in [6.45, 7) is 1.99. The summed E-state index contributed by atoms with van der Waals surface area (Å²) < 4.78 is 6.05. The minimum absolute atomic E-state index is 0.203. The van der Waals surface area contributed by atoms with Gasteiger partial charge in [0.05, 0.1) is 18.7 Å². The van der Waals surface area contributed by atoms with E-state index in [0.717, 1.165) is 22.1 Å². The Bertz CT molecular complexity index is 874. The van der Waals surface area contributed by atoms with Crippen molar-refractivity contribution in [2.45, 2.75) is 25.3 Å². The van der Waals surface area contributed by atoms with Crippen molar-refractivity contribution in [1.82, 2.24) is 0 Å². The number of hydrogen-bond acceptors (Lipinski definition) is 3. The second-order valence-corrected chi connectivity index (χ2v) is 7.55. The van der Waals surface area contributed by atoms with Crippen LogP contribution in [0.3, 0.4) is 0 Å². The van der Waals surface area contributed by atoms with Gasteiger partial charge in [0.2, 0.25) is 0 Å². The molecule has 4 heteroatoms. The van der Waals surface area contributed by atoms with Gasteiger partial charge in [-0.15, -0.1) is 0 Å². The molecule has 128 valence electrons. The Morgan fingerprint density at radius 3 is 2.76 bits per heavy atom. The fourth-order valence-corrected chi connectivity index (χ4v) is 4.71. The Kier molecular flexibility index (Phi) is 4.16. The van der Waals surface area contributed by atoms with Gasteiger partial charge in [-0.25, -0.2) is 4.79 Å². The minimum atomic E-state index is -0.288. The maximum atomic E-state index is 12.1. The van der Waals surface area contributed by atoms with Gasteiger partial charge in [0.1, 0.15) is 0 Å². The number of ether oxygens (including phenoxy) is 1. The smallest absolute Gasteiger partial charge is 0.338 e. The van der Waals surface area contributed by atoms with Gasteiger partial charge in [-0.1, -0.05) is 52.3 Å². The summed E-state index contributed by atoms with van der Waals surface area (Å²) in [6.07, 6.45) is 5.64. The topological polar surface area (TPSA) is 38.3 Å². The third-order valence-corrected chi connectivity index (χ3v) is 6.17. The molecule has 2 aliphatic rings. The Hall–Kier alpha value is -2.07. The maximum Gasteiger partial charge on any atom is 0.338 e. The highest BCUT2D eigenvalue weighted by Gasteiger charge is 2.39. The number of benzene rings is 2. The number of hydrogen-bond donors (Lipinski definition) is 1. The molecule has 0 saturated heterocycles. The van der Waals surface area contributed by atoms with E-state index in [1.807, 2.05) is 19.1 Å². The number of allylic oxidation sites excluding steroid dienone is 2. The SMILES string of the molecule is COC(=O)c1ccc2c(c1C)N[C@H](c1ccccc1Br)C1CC=CC21. The summed E-state index contributed by atoms with van der Waals surface area (Å²) in [4.78, 5) is 12.1. The molecule has 0 fully saturated rings. The molecule has 0 bridgehead atoms. The van der Waals surface area contributed by atoms with Crippen molar-refractivity contribution >= 4 is 27.6 Å². The van der Waals surface area contributed by atoms with E-state index in [1.54, 1.807) is 0 Å². The van der Waals surface area contributed by atoms with Gasteiger partial charge in [-0.05, 0) is 48.1 Å². The van der Waals surface area contributed by atoms with E-state index in [2.05, 4.69) is 57.7 Å². The number of methoxy groups -OCH3 is 1. The molecule has 2 aromatic carbocycles. The van der Waals surface area contributed by atoms with Crippen LogP contribution < -0.4 is 5.32 Å². The first kappa shape index (κ1) is 16.4. The Balaban J connectivity index is 1.85. The molecule has 2 unspecified atom stereocenters. The molecular formula is C21H20BrNO2. The summed E-state index contributed by atoms with van der Waals surface area (Å²) >= 11 is 3.70. The number of nitrogens with one attached hydrogen (secondary N) is 1. The lowest BCUT2D eigenvalue weighted by atomic mass is 9.76. The van der Waals surface area contributed by atoms with E-state index < -0.39 is 0 Å². The fourth-order valence-electron chi connectivity index (χ4n) is 4.18. The molecule has 1 aliphatic heterocycles. The zero-order chi connectivity index (χ0) is 17.6. The first-order valence-corrected chi connectivity index (χ1v) is 9.30. The highest BCUT2D eigenvalue weighted by Crippen LogP contribution is 2.51. The number of fused-ring (bicyclic) bond motifs is 3. The van der Waals surface area contributed by atoms with Crippen LogP contribution in [0, 0.1) is 12.8 Å². The van der Waals surface area contributed by atoms with E-state index >= 15 is 0 Å². The summed E-state index contributed by atoms with van der Waals surface area (Å²) in [5.74, 6) is 0.567. The van der Waals surface area contributed by atoms with Crippen molar-refractivity contribution in [2.75, 3.05) is 12.4 Å². The zero-order valence-corrected chi connectivity index (χ0v) is 15.8. The van der Waals surface area contributed by atoms with Crippen LogP contribution in [0.4, 0.5) is 5.69 Å². The summed E-state index contributed by atoms with van der Waals surface area (Å²) in [5, 5.41) is 3.74. The Morgan fingerprint density at radius 1 is 1.20 bits per heavy atom. The first-order valence-electron chi connectivity index (χ1n) is 8.51. The van der Waals surface area contributed by atoms with Gasteiger partial charge >= 0.3 is 5.97 Å². The van der Waals surface area contributed by atoms with Gasteiger partial charge in [-0.2, -0.15) is 0 Å². The zero-order valence-electron chi connectivity index (χ0n) is 14.3.